The van der Waals surface area contributed by atoms with Crippen LogP contribution in [0.15, 0.2) is 23.6 Å². The summed E-state index contributed by atoms with van der Waals surface area (Å²) in [7, 11) is 0. The molecule has 3 N–H and O–H groups in total. The molecule has 7 heteroatoms. The SMILES string of the molecule is CC(C)C[C@H](N)C(=O)Nc1nc(-c2ccc3c(c2)CCO3)cs1.Cl. The van der Waals surface area contributed by atoms with Crippen LogP contribution in [-0.4, -0.2) is 23.5 Å². The van der Waals surface area contributed by atoms with Gasteiger partial charge >= 0.3 is 0 Å². The van der Waals surface area contributed by atoms with Crippen molar-refractivity contribution in [3.63, 3.8) is 0 Å². The van der Waals surface area contributed by atoms with E-state index < -0.39 is 6.04 Å². The summed E-state index contributed by atoms with van der Waals surface area (Å²) < 4.78 is 5.52. The first-order valence-electron chi connectivity index (χ1n) is 7.81. The van der Waals surface area contributed by atoms with Crippen molar-refractivity contribution in [1.82, 2.24) is 4.98 Å². The molecule has 1 aliphatic heterocycles. The molecule has 2 heterocycles. The minimum absolute atomic E-state index is 0. The first kappa shape index (κ1) is 18.7. The third-order valence-electron chi connectivity index (χ3n) is 3.78. The van der Waals surface area contributed by atoms with Crippen molar-refractivity contribution in [2.45, 2.75) is 32.7 Å². The zero-order chi connectivity index (χ0) is 16.4. The standard InChI is InChI=1S/C17H21N3O2S.ClH/c1-10(2)7-13(18)16(21)20-17-19-14(9-23-17)11-3-4-15-12(8-11)5-6-22-15;/h3-4,8-10,13H,5-7,18H2,1-2H3,(H,19,20,21);1H/t13-;/m0./s1. The van der Waals surface area contributed by atoms with Gasteiger partial charge in [0, 0.05) is 17.4 Å². The third kappa shape index (κ3) is 4.26. The van der Waals surface area contributed by atoms with Gasteiger partial charge in [-0.05, 0) is 36.1 Å². The average molecular weight is 368 g/mol. The van der Waals surface area contributed by atoms with Crippen LogP contribution in [0.3, 0.4) is 0 Å². The molecule has 1 aromatic heterocycles. The zero-order valence-corrected chi connectivity index (χ0v) is 15.4. The highest BCUT2D eigenvalue weighted by molar-refractivity contribution is 7.14. The molecule has 3 rings (SSSR count). The van der Waals surface area contributed by atoms with Crippen molar-refractivity contribution in [3.8, 4) is 17.0 Å². The molecule has 0 bridgehead atoms. The van der Waals surface area contributed by atoms with Crippen molar-refractivity contribution in [2.75, 3.05) is 11.9 Å². The fraction of sp³-hybridized carbons (Fsp3) is 0.412. The van der Waals surface area contributed by atoms with E-state index in [1.807, 2.05) is 31.4 Å². The summed E-state index contributed by atoms with van der Waals surface area (Å²) in [5.74, 6) is 1.16. The van der Waals surface area contributed by atoms with E-state index in [9.17, 15) is 4.79 Å². The van der Waals surface area contributed by atoms with Crippen molar-refractivity contribution in [2.24, 2.45) is 11.7 Å². The molecule has 0 saturated heterocycles. The number of aromatic nitrogens is 1. The van der Waals surface area contributed by atoms with Gasteiger partial charge in [0.15, 0.2) is 5.13 Å². The molecule has 1 aromatic carbocycles. The normalized spacial score (nSPS) is 13.8. The van der Waals surface area contributed by atoms with E-state index >= 15 is 0 Å². The number of carbonyl (C=O) groups is 1. The van der Waals surface area contributed by atoms with Crippen molar-refractivity contribution in [3.05, 3.63) is 29.1 Å². The minimum atomic E-state index is -0.500. The van der Waals surface area contributed by atoms with Gasteiger partial charge in [-0.15, -0.1) is 23.7 Å². The number of nitrogens with two attached hydrogens (primary N) is 1. The van der Waals surface area contributed by atoms with Crippen LogP contribution in [0.2, 0.25) is 0 Å². The maximum Gasteiger partial charge on any atom is 0.243 e. The Bertz CT molecular complexity index is 718. The number of hydrogen-bond donors (Lipinski definition) is 2. The molecular formula is C17H22ClN3O2S. The lowest BCUT2D eigenvalue weighted by atomic mass is 10.0. The van der Waals surface area contributed by atoms with Crippen molar-refractivity contribution >= 4 is 34.8 Å². The number of rotatable bonds is 5. The maximum atomic E-state index is 12.1. The fourth-order valence-corrected chi connectivity index (χ4v) is 3.35. The molecule has 0 radical (unpaired) electrons. The number of benzene rings is 1. The predicted molar refractivity (Wildman–Crippen MR) is 100 cm³/mol. The van der Waals surface area contributed by atoms with Crippen LogP contribution >= 0.6 is 23.7 Å². The molecule has 0 spiro atoms. The van der Waals surface area contributed by atoms with Crippen LogP contribution in [0.25, 0.3) is 11.3 Å². The largest absolute Gasteiger partial charge is 0.493 e. The van der Waals surface area contributed by atoms with Crippen molar-refractivity contribution < 1.29 is 9.53 Å². The summed E-state index contributed by atoms with van der Waals surface area (Å²) in [6.07, 6.45) is 1.59. The molecule has 0 unspecified atom stereocenters. The molecule has 1 amide bonds. The van der Waals surface area contributed by atoms with Gasteiger partial charge in [-0.3, -0.25) is 4.79 Å². The number of ether oxygens (including phenoxy) is 1. The number of halogens is 1. The van der Waals surface area contributed by atoms with E-state index in [0.29, 0.717) is 17.5 Å². The molecule has 130 valence electrons. The molecule has 0 fully saturated rings. The molecule has 5 nitrogen and oxygen atoms in total. The summed E-state index contributed by atoms with van der Waals surface area (Å²) in [4.78, 5) is 16.6. The molecule has 1 aliphatic rings. The Kier molecular flexibility index (Phi) is 6.21. The van der Waals surface area contributed by atoms with Gasteiger partial charge in [-0.1, -0.05) is 13.8 Å². The highest BCUT2D eigenvalue weighted by Gasteiger charge is 2.17. The first-order chi connectivity index (χ1) is 11.0. The second-order valence-electron chi connectivity index (χ2n) is 6.18. The molecule has 2 aromatic rings. The van der Waals surface area contributed by atoms with Gasteiger partial charge in [0.2, 0.25) is 5.91 Å². The highest BCUT2D eigenvalue weighted by Crippen LogP contribution is 2.31. The van der Waals surface area contributed by atoms with Crippen LogP contribution in [0, 0.1) is 5.92 Å². The van der Waals surface area contributed by atoms with Crippen LogP contribution < -0.4 is 15.8 Å². The Hall–Kier alpha value is -1.63. The minimum Gasteiger partial charge on any atom is -0.493 e. The second-order valence-corrected chi connectivity index (χ2v) is 7.04. The number of hydrogen-bond acceptors (Lipinski definition) is 5. The van der Waals surface area contributed by atoms with E-state index in [-0.39, 0.29) is 18.3 Å². The molecule has 1 atom stereocenters. The Balaban J connectivity index is 0.00000208. The first-order valence-corrected chi connectivity index (χ1v) is 8.69. The molecular weight excluding hydrogens is 346 g/mol. The Labute approximate surface area is 152 Å². The predicted octanol–water partition coefficient (Wildman–Crippen LogP) is 3.48. The van der Waals surface area contributed by atoms with Gasteiger partial charge < -0.3 is 15.8 Å². The number of carbonyl (C=O) groups excluding carboxylic acids is 1. The Morgan fingerprint density at radius 3 is 3.00 bits per heavy atom. The molecule has 24 heavy (non-hydrogen) atoms. The lowest BCUT2D eigenvalue weighted by Gasteiger charge is -2.12. The van der Waals surface area contributed by atoms with E-state index in [0.717, 1.165) is 30.0 Å². The van der Waals surface area contributed by atoms with Gasteiger partial charge in [0.05, 0.1) is 18.3 Å². The smallest absolute Gasteiger partial charge is 0.243 e. The Morgan fingerprint density at radius 1 is 1.46 bits per heavy atom. The topological polar surface area (TPSA) is 77.2 Å². The average Bonchev–Trinajstić information content (AvgIpc) is 3.14. The van der Waals surface area contributed by atoms with Crippen LogP contribution in [0.1, 0.15) is 25.8 Å². The van der Waals surface area contributed by atoms with Gasteiger partial charge in [-0.25, -0.2) is 4.98 Å². The van der Waals surface area contributed by atoms with E-state index in [1.165, 1.54) is 16.9 Å². The highest BCUT2D eigenvalue weighted by atomic mass is 35.5. The van der Waals surface area contributed by atoms with Crippen LogP contribution in [0.4, 0.5) is 5.13 Å². The lowest BCUT2D eigenvalue weighted by Crippen LogP contribution is -2.36. The fourth-order valence-electron chi connectivity index (χ4n) is 2.62. The van der Waals surface area contributed by atoms with Crippen molar-refractivity contribution in [1.29, 1.82) is 0 Å². The second kappa shape index (κ2) is 7.96. The monoisotopic (exact) mass is 367 g/mol. The van der Waals surface area contributed by atoms with Gasteiger partial charge in [0.25, 0.3) is 0 Å². The quantitative estimate of drug-likeness (QED) is 0.848. The summed E-state index contributed by atoms with van der Waals surface area (Å²) in [6.45, 7) is 4.84. The zero-order valence-electron chi connectivity index (χ0n) is 13.7. The van der Waals surface area contributed by atoms with E-state index in [1.54, 1.807) is 0 Å². The van der Waals surface area contributed by atoms with E-state index in [2.05, 4.69) is 16.4 Å². The summed E-state index contributed by atoms with van der Waals surface area (Å²) in [6, 6.07) is 5.58. The van der Waals surface area contributed by atoms with Gasteiger partial charge in [-0.2, -0.15) is 0 Å². The van der Waals surface area contributed by atoms with E-state index in [4.69, 9.17) is 10.5 Å². The molecule has 0 aliphatic carbocycles. The summed E-state index contributed by atoms with van der Waals surface area (Å²) in [5, 5.41) is 5.34. The number of fused-ring (bicyclic) bond motifs is 1. The van der Waals surface area contributed by atoms with Crippen LogP contribution in [0.5, 0.6) is 5.75 Å². The number of nitrogens with one attached hydrogen (secondary N) is 1. The number of nitrogens with zero attached hydrogens (tertiary/aromatic N) is 1. The van der Waals surface area contributed by atoms with Gasteiger partial charge in [0.1, 0.15) is 5.75 Å². The maximum absolute atomic E-state index is 12.1. The number of anilines is 1. The number of amides is 1. The summed E-state index contributed by atoms with van der Waals surface area (Å²) >= 11 is 1.41. The third-order valence-corrected chi connectivity index (χ3v) is 4.54. The number of thiazole rings is 1. The summed E-state index contributed by atoms with van der Waals surface area (Å²) in [5.41, 5.74) is 9.00. The lowest BCUT2D eigenvalue weighted by molar-refractivity contribution is -0.117. The Morgan fingerprint density at radius 2 is 2.25 bits per heavy atom. The molecule has 0 saturated carbocycles. The van der Waals surface area contributed by atoms with Crippen LogP contribution in [-0.2, 0) is 11.2 Å².